The lowest BCUT2D eigenvalue weighted by molar-refractivity contribution is 1.26. The topological polar surface area (TPSA) is 15.3 Å². The fourth-order valence-corrected chi connectivity index (χ4v) is 10.1. The van der Waals surface area contributed by atoms with Crippen LogP contribution in [-0.2, 0) is 0 Å². The highest BCUT2D eigenvalue weighted by atomic mass is 32.1. The van der Waals surface area contributed by atoms with Gasteiger partial charge in [-0.2, -0.15) is 0 Å². The van der Waals surface area contributed by atoms with Gasteiger partial charge in [-0.15, -0.1) is 11.3 Å². The molecule has 10 aromatic rings. The first-order chi connectivity index (χ1) is 28.6. The van der Waals surface area contributed by atoms with Crippen LogP contribution in [-0.4, -0.2) is 7.28 Å². The number of hydrogen-bond acceptors (Lipinski definition) is 3. The van der Waals surface area contributed by atoms with Crippen molar-refractivity contribution in [2.75, 3.05) is 10.2 Å². The molecule has 274 valence electrons. The molecule has 2 heterocycles. The van der Waals surface area contributed by atoms with E-state index in [1.54, 1.807) is 0 Å². The fraction of sp³-hybridized carbons (Fsp3) is 0.0370. The van der Waals surface area contributed by atoms with Crippen molar-refractivity contribution < 1.29 is 0 Å². The average Bonchev–Trinajstić information content (AvgIpc) is 3.63. The van der Waals surface area contributed by atoms with Gasteiger partial charge in [0.2, 0.25) is 0 Å². The summed E-state index contributed by atoms with van der Waals surface area (Å²) in [6.07, 6.45) is 0. The molecular formula is C54H39BN2S. The van der Waals surface area contributed by atoms with Gasteiger partial charge >= 0.3 is 0 Å². The van der Waals surface area contributed by atoms with Crippen molar-refractivity contribution in [2.24, 2.45) is 0 Å². The molecule has 1 N–H and O–H groups in total. The number of fused-ring (bicyclic) bond motifs is 6. The standard InChI is InChI=1S/C54H39BN2S/c1-34-29-46(44-27-23-39-17-9-10-18-42(39)54(44)56-41-25-21-38(22-26-41)36-13-5-3-6-14-36)53-50(30-34)57(48-28-24-40(31-35(48)2)37-15-7-4-8-16-37)49-33-52-45(32-47(49)55-53)43-19-11-12-20-51(43)58-52/h3-33,55-56H,1-2H3. The summed E-state index contributed by atoms with van der Waals surface area (Å²) in [6, 6.07) is 69.0. The Kier molecular flexibility index (Phi) is 8.27. The van der Waals surface area contributed by atoms with Gasteiger partial charge in [0.15, 0.2) is 7.28 Å². The van der Waals surface area contributed by atoms with Crippen LogP contribution in [0.2, 0.25) is 0 Å². The number of nitrogens with zero attached hydrogens (tertiary/aromatic N) is 1. The summed E-state index contributed by atoms with van der Waals surface area (Å²) in [4.78, 5) is 2.55. The Bertz CT molecular complexity index is 3190. The predicted octanol–water partition coefficient (Wildman–Crippen LogP) is 13.7. The first kappa shape index (κ1) is 34.4. The molecule has 0 radical (unpaired) electrons. The molecule has 0 amide bonds. The van der Waals surface area contributed by atoms with Crippen LogP contribution < -0.4 is 21.1 Å². The molecule has 11 rings (SSSR count). The third-order valence-electron chi connectivity index (χ3n) is 11.8. The minimum atomic E-state index is 0.829. The van der Waals surface area contributed by atoms with Gasteiger partial charge in [0.1, 0.15) is 0 Å². The SMILES string of the molecule is Cc1cc(-c2ccc3ccccc3c2Nc2ccc(-c3ccccc3)cc2)c2c(c1)N(c1ccc(-c3ccccc3)cc1C)c1cc3sc4ccccc4c3cc1B2. The minimum Gasteiger partial charge on any atom is -0.355 e. The van der Waals surface area contributed by atoms with Gasteiger partial charge in [0, 0.05) is 48.5 Å². The number of nitrogens with one attached hydrogen (secondary N) is 1. The van der Waals surface area contributed by atoms with E-state index in [-0.39, 0.29) is 0 Å². The summed E-state index contributed by atoms with van der Waals surface area (Å²) in [5.41, 5.74) is 18.4. The number of hydrogen-bond donors (Lipinski definition) is 1. The number of aryl methyl sites for hydroxylation is 2. The average molecular weight is 759 g/mol. The second-order valence-electron chi connectivity index (χ2n) is 15.5. The lowest BCUT2D eigenvalue weighted by Crippen LogP contribution is -2.41. The Morgan fingerprint density at radius 1 is 0.466 bits per heavy atom. The molecule has 0 spiro atoms. The Morgan fingerprint density at radius 2 is 1.14 bits per heavy atom. The summed E-state index contributed by atoms with van der Waals surface area (Å²) in [5.74, 6) is 0. The first-order valence-electron chi connectivity index (χ1n) is 20.0. The van der Waals surface area contributed by atoms with E-state index in [0.717, 1.165) is 18.7 Å². The quantitative estimate of drug-likeness (QED) is 0.170. The van der Waals surface area contributed by atoms with Crippen molar-refractivity contribution in [2.45, 2.75) is 13.8 Å². The molecule has 58 heavy (non-hydrogen) atoms. The van der Waals surface area contributed by atoms with Crippen LogP contribution in [0.5, 0.6) is 0 Å². The zero-order valence-corrected chi connectivity index (χ0v) is 33.3. The van der Waals surface area contributed by atoms with Crippen LogP contribution in [0.15, 0.2) is 188 Å². The lowest BCUT2D eigenvalue weighted by atomic mass is 9.57. The van der Waals surface area contributed by atoms with Crippen LogP contribution in [0, 0.1) is 13.8 Å². The van der Waals surface area contributed by atoms with E-state index in [1.165, 1.54) is 103 Å². The third kappa shape index (κ3) is 5.88. The van der Waals surface area contributed by atoms with Gasteiger partial charge in [0.05, 0.1) is 5.69 Å². The normalized spacial score (nSPS) is 12.1. The van der Waals surface area contributed by atoms with Crippen LogP contribution >= 0.6 is 11.3 Å². The summed E-state index contributed by atoms with van der Waals surface area (Å²) >= 11 is 1.89. The van der Waals surface area contributed by atoms with Crippen molar-refractivity contribution in [1.82, 2.24) is 0 Å². The summed E-state index contributed by atoms with van der Waals surface area (Å²) in [7, 11) is 0.829. The second-order valence-corrected chi connectivity index (χ2v) is 16.6. The Balaban J connectivity index is 1.11. The van der Waals surface area contributed by atoms with Crippen molar-refractivity contribution in [3.63, 3.8) is 0 Å². The van der Waals surface area contributed by atoms with E-state index in [2.05, 4.69) is 212 Å². The maximum absolute atomic E-state index is 3.94. The van der Waals surface area contributed by atoms with Gasteiger partial charge in [-0.1, -0.05) is 151 Å². The minimum absolute atomic E-state index is 0.829. The number of thiophene rings is 1. The van der Waals surface area contributed by atoms with Gasteiger partial charge in [-0.25, -0.2) is 0 Å². The van der Waals surface area contributed by atoms with Gasteiger partial charge in [-0.05, 0) is 111 Å². The largest absolute Gasteiger partial charge is 0.355 e. The first-order valence-corrected chi connectivity index (χ1v) is 20.9. The molecule has 1 aromatic heterocycles. The van der Waals surface area contributed by atoms with Gasteiger partial charge in [-0.3, -0.25) is 0 Å². The summed E-state index contributed by atoms with van der Waals surface area (Å²) in [5, 5.41) is 9.02. The van der Waals surface area contributed by atoms with Gasteiger partial charge in [0.25, 0.3) is 0 Å². The number of benzene rings is 9. The monoisotopic (exact) mass is 758 g/mol. The predicted molar refractivity (Wildman–Crippen MR) is 253 cm³/mol. The smallest absolute Gasteiger partial charge is 0.198 e. The summed E-state index contributed by atoms with van der Waals surface area (Å²) < 4.78 is 2.65. The molecule has 0 unspecified atom stereocenters. The van der Waals surface area contributed by atoms with Crippen LogP contribution in [0.25, 0.3) is 64.3 Å². The second kappa shape index (κ2) is 13.9. The third-order valence-corrected chi connectivity index (χ3v) is 13.0. The molecule has 4 heteroatoms. The number of anilines is 5. The molecule has 0 fully saturated rings. The van der Waals surface area contributed by atoms with E-state index in [0.29, 0.717) is 0 Å². The molecule has 1 aliphatic rings. The Labute approximate surface area is 343 Å². The van der Waals surface area contributed by atoms with Crippen LogP contribution in [0.4, 0.5) is 28.4 Å². The van der Waals surface area contributed by atoms with E-state index in [4.69, 9.17) is 0 Å². The Morgan fingerprint density at radius 3 is 1.91 bits per heavy atom. The summed E-state index contributed by atoms with van der Waals surface area (Å²) in [6.45, 7) is 4.51. The fourth-order valence-electron chi connectivity index (χ4n) is 9.03. The van der Waals surface area contributed by atoms with Crippen LogP contribution in [0.3, 0.4) is 0 Å². The molecule has 1 aliphatic heterocycles. The highest BCUT2D eigenvalue weighted by Crippen LogP contribution is 2.45. The molecule has 0 saturated heterocycles. The molecule has 0 aliphatic carbocycles. The lowest BCUT2D eigenvalue weighted by Gasteiger charge is -2.36. The molecule has 2 nitrogen and oxygen atoms in total. The zero-order valence-electron chi connectivity index (χ0n) is 32.5. The maximum atomic E-state index is 3.94. The van der Waals surface area contributed by atoms with Crippen molar-refractivity contribution >= 4 is 88.9 Å². The number of rotatable bonds is 6. The van der Waals surface area contributed by atoms with Gasteiger partial charge < -0.3 is 10.2 Å². The molecule has 0 atom stereocenters. The van der Waals surface area contributed by atoms with E-state index >= 15 is 0 Å². The molecule has 0 saturated carbocycles. The molecule has 0 bridgehead atoms. The molecule has 9 aromatic carbocycles. The highest BCUT2D eigenvalue weighted by Gasteiger charge is 2.30. The zero-order chi connectivity index (χ0) is 38.7. The van der Waals surface area contributed by atoms with E-state index < -0.39 is 0 Å². The molecular weight excluding hydrogens is 719 g/mol. The maximum Gasteiger partial charge on any atom is 0.198 e. The van der Waals surface area contributed by atoms with E-state index in [9.17, 15) is 0 Å². The van der Waals surface area contributed by atoms with Crippen molar-refractivity contribution in [3.05, 3.63) is 199 Å². The Hall–Kier alpha value is -6.88. The van der Waals surface area contributed by atoms with Crippen molar-refractivity contribution in [3.8, 4) is 33.4 Å². The van der Waals surface area contributed by atoms with E-state index in [1.807, 2.05) is 11.3 Å². The van der Waals surface area contributed by atoms with Crippen LogP contribution in [0.1, 0.15) is 11.1 Å². The highest BCUT2D eigenvalue weighted by molar-refractivity contribution is 7.25. The van der Waals surface area contributed by atoms with Crippen molar-refractivity contribution in [1.29, 1.82) is 0 Å².